The molecule has 0 saturated carbocycles. The number of carbonyl (C=O) groups excluding carboxylic acids is 2. The SMILES string of the molecule is COc1ccc(S(=O)(=O)N2CC(C)(C)C(=O)N(CCc3ccccc3)C2CC(=O)NO)cc1. The standard InChI is InChI=1S/C23H29N3O6S/c1-23(2)16-26(33(30,31)19-11-9-18(32-3)10-12-19)21(15-20(27)24-29)25(22(23)28)14-13-17-7-5-4-6-8-17/h4-12,21,29H,13-16H2,1-3H3,(H,24,27). The minimum atomic E-state index is -4.08. The first-order chi connectivity index (χ1) is 15.6. The van der Waals surface area contributed by atoms with Crippen molar-refractivity contribution < 1.29 is 28.0 Å². The molecule has 1 aliphatic heterocycles. The summed E-state index contributed by atoms with van der Waals surface area (Å²) in [7, 11) is -2.60. The summed E-state index contributed by atoms with van der Waals surface area (Å²) in [5, 5.41) is 9.11. The normalized spacial score (nSPS) is 18.7. The minimum absolute atomic E-state index is 0.0193. The van der Waals surface area contributed by atoms with Gasteiger partial charge in [0, 0.05) is 13.1 Å². The van der Waals surface area contributed by atoms with Gasteiger partial charge in [0.1, 0.15) is 11.9 Å². The fraction of sp³-hybridized carbons (Fsp3) is 0.391. The van der Waals surface area contributed by atoms with Crippen LogP contribution in [-0.2, 0) is 26.0 Å². The van der Waals surface area contributed by atoms with Gasteiger partial charge in [0.25, 0.3) is 0 Å². The zero-order chi connectivity index (χ0) is 24.2. The number of sulfonamides is 1. The lowest BCUT2D eigenvalue weighted by atomic mass is 9.88. The number of carbonyl (C=O) groups is 2. The Hall–Kier alpha value is -2.95. The van der Waals surface area contributed by atoms with E-state index in [0.29, 0.717) is 12.2 Å². The summed E-state index contributed by atoms with van der Waals surface area (Å²) in [4.78, 5) is 26.9. The van der Waals surface area contributed by atoms with Gasteiger partial charge in [0.05, 0.1) is 23.8 Å². The van der Waals surface area contributed by atoms with Crippen LogP contribution >= 0.6 is 0 Å². The molecule has 1 aliphatic rings. The lowest BCUT2D eigenvalue weighted by molar-refractivity contribution is -0.155. The quantitative estimate of drug-likeness (QED) is 0.446. The van der Waals surface area contributed by atoms with Crippen LogP contribution in [0.5, 0.6) is 5.75 Å². The molecule has 0 aromatic heterocycles. The van der Waals surface area contributed by atoms with E-state index >= 15 is 0 Å². The highest BCUT2D eigenvalue weighted by Gasteiger charge is 2.49. The highest BCUT2D eigenvalue weighted by atomic mass is 32.2. The number of rotatable bonds is 8. The van der Waals surface area contributed by atoms with Crippen molar-refractivity contribution in [3.05, 3.63) is 60.2 Å². The van der Waals surface area contributed by atoms with Gasteiger partial charge < -0.3 is 9.64 Å². The molecule has 33 heavy (non-hydrogen) atoms. The molecule has 0 radical (unpaired) electrons. The molecule has 0 aliphatic carbocycles. The van der Waals surface area contributed by atoms with E-state index in [0.717, 1.165) is 5.56 Å². The van der Waals surface area contributed by atoms with Crippen LogP contribution in [0.3, 0.4) is 0 Å². The molecule has 1 heterocycles. The van der Waals surface area contributed by atoms with Crippen molar-refractivity contribution in [1.29, 1.82) is 0 Å². The Balaban J connectivity index is 2.01. The predicted molar refractivity (Wildman–Crippen MR) is 121 cm³/mol. The van der Waals surface area contributed by atoms with E-state index in [1.165, 1.54) is 40.6 Å². The molecule has 2 aromatic rings. The molecule has 2 N–H and O–H groups in total. The van der Waals surface area contributed by atoms with Gasteiger partial charge in [-0.1, -0.05) is 30.3 Å². The molecule has 1 atom stereocenters. The molecule has 178 valence electrons. The van der Waals surface area contributed by atoms with E-state index in [-0.39, 0.29) is 23.9 Å². The Bertz CT molecular complexity index is 1090. The van der Waals surface area contributed by atoms with Gasteiger partial charge in [0.2, 0.25) is 21.8 Å². The summed E-state index contributed by atoms with van der Waals surface area (Å²) in [5.41, 5.74) is 1.52. The number of amides is 2. The molecule has 1 fully saturated rings. The van der Waals surface area contributed by atoms with E-state index in [1.54, 1.807) is 19.3 Å². The Morgan fingerprint density at radius 1 is 1.15 bits per heavy atom. The summed E-state index contributed by atoms with van der Waals surface area (Å²) >= 11 is 0. The number of nitrogens with zero attached hydrogens (tertiary/aromatic N) is 2. The van der Waals surface area contributed by atoms with Crippen molar-refractivity contribution in [2.24, 2.45) is 5.41 Å². The van der Waals surface area contributed by atoms with Crippen molar-refractivity contribution in [3.8, 4) is 5.75 Å². The average molecular weight is 476 g/mol. The number of nitrogens with one attached hydrogen (secondary N) is 1. The van der Waals surface area contributed by atoms with E-state index < -0.39 is 33.9 Å². The monoisotopic (exact) mass is 475 g/mol. The first kappa shape index (κ1) is 24.7. The van der Waals surface area contributed by atoms with Crippen molar-refractivity contribution in [3.63, 3.8) is 0 Å². The number of hydroxylamine groups is 1. The van der Waals surface area contributed by atoms with Gasteiger partial charge in [0.15, 0.2) is 0 Å². The van der Waals surface area contributed by atoms with E-state index in [2.05, 4.69) is 0 Å². The van der Waals surface area contributed by atoms with Crippen LogP contribution in [0.15, 0.2) is 59.5 Å². The smallest absolute Gasteiger partial charge is 0.246 e. The summed E-state index contributed by atoms with van der Waals surface area (Å²) in [5.74, 6) is -0.536. The Morgan fingerprint density at radius 2 is 1.79 bits per heavy atom. The van der Waals surface area contributed by atoms with Crippen LogP contribution in [0.25, 0.3) is 0 Å². The van der Waals surface area contributed by atoms with Gasteiger partial charge in [-0.25, -0.2) is 13.9 Å². The molecule has 2 aromatic carbocycles. The molecule has 10 heteroatoms. The summed E-state index contributed by atoms with van der Waals surface area (Å²) in [6.45, 7) is 3.48. The molecular weight excluding hydrogens is 446 g/mol. The number of hydrogen-bond acceptors (Lipinski definition) is 6. The topological polar surface area (TPSA) is 116 Å². The first-order valence-corrected chi connectivity index (χ1v) is 12.0. The second-order valence-corrected chi connectivity index (χ2v) is 10.5. The molecule has 2 amide bonds. The maximum Gasteiger partial charge on any atom is 0.246 e. The first-order valence-electron chi connectivity index (χ1n) is 10.5. The lowest BCUT2D eigenvalue weighted by Crippen LogP contribution is -2.65. The second kappa shape index (κ2) is 9.90. The third-order valence-corrected chi connectivity index (χ3v) is 7.58. The van der Waals surface area contributed by atoms with E-state index in [9.17, 15) is 18.0 Å². The third kappa shape index (κ3) is 5.35. The number of hydrogen-bond donors (Lipinski definition) is 2. The summed E-state index contributed by atoms with van der Waals surface area (Å²) in [6, 6.07) is 15.4. The maximum absolute atomic E-state index is 13.6. The molecule has 1 unspecified atom stereocenters. The maximum atomic E-state index is 13.6. The predicted octanol–water partition coefficient (Wildman–Crippen LogP) is 2.02. The Labute approximate surface area is 194 Å². The molecule has 1 saturated heterocycles. The van der Waals surface area contributed by atoms with E-state index in [4.69, 9.17) is 9.94 Å². The fourth-order valence-corrected chi connectivity index (χ4v) is 5.69. The van der Waals surface area contributed by atoms with E-state index in [1.807, 2.05) is 30.3 Å². The van der Waals surface area contributed by atoms with Crippen LogP contribution in [-0.4, -0.2) is 61.0 Å². The average Bonchev–Trinajstić information content (AvgIpc) is 2.81. The molecule has 0 bridgehead atoms. The molecule has 3 rings (SSSR count). The largest absolute Gasteiger partial charge is 0.497 e. The zero-order valence-electron chi connectivity index (χ0n) is 18.9. The van der Waals surface area contributed by atoms with Gasteiger partial charge in [-0.3, -0.25) is 14.8 Å². The summed E-state index contributed by atoms with van der Waals surface area (Å²) in [6.07, 6.45) is -1.01. The number of benzene rings is 2. The van der Waals surface area contributed by atoms with Crippen molar-refractivity contribution in [2.75, 3.05) is 20.2 Å². The van der Waals surface area contributed by atoms with Gasteiger partial charge in [-0.2, -0.15) is 4.31 Å². The Morgan fingerprint density at radius 3 is 2.36 bits per heavy atom. The highest BCUT2D eigenvalue weighted by Crippen LogP contribution is 2.35. The van der Waals surface area contributed by atoms with Gasteiger partial charge in [-0.15, -0.1) is 0 Å². The van der Waals surface area contributed by atoms with Gasteiger partial charge >= 0.3 is 0 Å². The van der Waals surface area contributed by atoms with Crippen molar-refractivity contribution in [1.82, 2.24) is 14.7 Å². The molecule has 9 nitrogen and oxygen atoms in total. The van der Waals surface area contributed by atoms with Crippen LogP contribution in [0.2, 0.25) is 0 Å². The zero-order valence-corrected chi connectivity index (χ0v) is 19.7. The number of ether oxygens (including phenoxy) is 1. The second-order valence-electron chi connectivity index (χ2n) is 8.56. The minimum Gasteiger partial charge on any atom is -0.497 e. The van der Waals surface area contributed by atoms with Crippen LogP contribution < -0.4 is 10.2 Å². The van der Waals surface area contributed by atoms with Gasteiger partial charge in [-0.05, 0) is 50.1 Å². The van der Waals surface area contributed by atoms with Crippen molar-refractivity contribution in [2.45, 2.75) is 37.8 Å². The molecular formula is C23H29N3O6S. The third-order valence-electron chi connectivity index (χ3n) is 5.73. The fourth-order valence-electron chi connectivity index (χ4n) is 3.94. The molecule has 0 spiro atoms. The van der Waals surface area contributed by atoms with Crippen LogP contribution in [0.4, 0.5) is 0 Å². The van der Waals surface area contributed by atoms with Crippen LogP contribution in [0, 0.1) is 5.41 Å². The van der Waals surface area contributed by atoms with Crippen LogP contribution in [0.1, 0.15) is 25.8 Å². The number of methoxy groups -OCH3 is 1. The van der Waals surface area contributed by atoms with Crippen molar-refractivity contribution >= 4 is 21.8 Å². The highest BCUT2D eigenvalue weighted by molar-refractivity contribution is 7.89. The Kier molecular flexibility index (Phi) is 7.41. The lowest BCUT2D eigenvalue weighted by Gasteiger charge is -2.48. The summed E-state index contributed by atoms with van der Waals surface area (Å²) < 4.78 is 33.6.